The molecule has 3 heteroatoms. The summed E-state index contributed by atoms with van der Waals surface area (Å²) >= 11 is 0. The Hall–Kier alpha value is -4.50. The van der Waals surface area contributed by atoms with Gasteiger partial charge in [-0.25, -0.2) is 9.97 Å². The number of fused-ring (bicyclic) bond motifs is 3. The van der Waals surface area contributed by atoms with Gasteiger partial charge in [-0.15, -0.1) is 0 Å². The van der Waals surface area contributed by atoms with Crippen LogP contribution < -0.4 is 4.90 Å². The molecule has 2 heterocycles. The zero-order chi connectivity index (χ0) is 31.0. The molecule has 0 fully saturated rings. The lowest BCUT2D eigenvalue weighted by Crippen LogP contribution is -2.40. The van der Waals surface area contributed by atoms with Gasteiger partial charge in [0.05, 0.1) is 23.5 Å². The third-order valence-electron chi connectivity index (χ3n) is 10.4. The molecule has 46 heavy (non-hydrogen) atoms. The summed E-state index contributed by atoms with van der Waals surface area (Å²) in [7, 11) is 0. The van der Waals surface area contributed by atoms with Crippen molar-refractivity contribution in [1.82, 2.24) is 9.97 Å². The van der Waals surface area contributed by atoms with Crippen LogP contribution in [0, 0.1) is 0 Å². The second-order valence-electron chi connectivity index (χ2n) is 13.6. The maximum atomic E-state index is 5.35. The largest absolute Gasteiger partial charge is 0.357 e. The van der Waals surface area contributed by atoms with Gasteiger partial charge < -0.3 is 4.90 Å². The minimum atomic E-state index is 0.345. The predicted octanol–water partition coefficient (Wildman–Crippen LogP) is 10.6. The first kappa shape index (κ1) is 28.9. The average molecular weight is 602 g/mol. The summed E-state index contributed by atoms with van der Waals surface area (Å²) in [5.74, 6) is 2.09. The molecular weight excluding hydrogens is 558 g/mol. The van der Waals surface area contributed by atoms with E-state index in [0.29, 0.717) is 29.8 Å². The van der Waals surface area contributed by atoms with Gasteiger partial charge in [0.1, 0.15) is 0 Å². The first-order valence-electron chi connectivity index (χ1n) is 17.3. The molecule has 0 spiro atoms. The van der Waals surface area contributed by atoms with Crippen LogP contribution in [-0.4, -0.2) is 22.1 Å². The Kier molecular flexibility index (Phi) is 7.78. The van der Waals surface area contributed by atoms with Gasteiger partial charge in [0, 0.05) is 28.7 Å². The molecule has 230 valence electrons. The molecule has 1 aliphatic heterocycles. The Balaban J connectivity index is 1.08. The first-order valence-corrected chi connectivity index (χ1v) is 17.3. The summed E-state index contributed by atoms with van der Waals surface area (Å²) < 4.78 is 0. The van der Waals surface area contributed by atoms with Crippen LogP contribution in [0.4, 0.5) is 5.69 Å². The summed E-state index contributed by atoms with van der Waals surface area (Å²) in [6, 6.07) is 18.6. The van der Waals surface area contributed by atoms with E-state index < -0.39 is 0 Å². The second-order valence-corrected chi connectivity index (χ2v) is 13.6. The van der Waals surface area contributed by atoms with Crippen LogP contribution in [0.5, 0.6) is 0 Å². The highest BCUT2D eigenvalue weighted by Crippen LogP contribution is 2.46. The topological polar surface area (TPSA) is 29.0 Å². The fourth-order valence-electron chi connectivity index (χ4n) is 8.10. The van der Waals surface area contributed by atoms with E-state index in [4.69, 9.17) is 9.97 Å². The molecule has 0 saturated carbocycles. The highest BCUT2D eigenvalue weighted by Gasteiger charge is 2.39. The number of para-hydroxylation sites is 1. The van der Waals surface area contributed by atoms with E-state index in [1.54, 1.807) is 0 Å². The summed E-state index contributed by atoms with van der Waals surface area (Å²) in [5, 5.41) is 0. The van der Waals surface area contributed by atoms with E-state index in [2.05, 4.69) is 140 Å². The van der Waals surface area contributed by atoms with Crippen LogP contribution >= 0.6 is 0 Å². The third-order valence-corrected chi connectivity index (χ3v) is 10.4. The predicted molar refractivity (Wildman–Crippen MR) is 193 cm³/mol. The third kappa shape index (κ3) is 5.26. The number of aromatic nitrogens is 2. The van der Waals surface area contributed by atoms with Crippen molar-refractivity contribution >= 4 is 16.8 Å². The van der Waals surface area contributed by atoms with Crippen LogP contribution in [0.3, 0.4) is 0 Å². The Labute approximate surface area is 274 Å². The maximum absolute atomic E-state index is 5.35. The molecule has 4 aliphatic carbocycles. The minimum absolute atomic E-state index is 0.345. The number of rotatable bonds is 6. The molecule has 0 bridgehead atoms. The van der Waals surface area contributed by atoms with E-state index in [1.807, 2.05) is 0 Å². The Morgan fingerprint density at radius 1 is 0.739 bits per heavy atom. The molecule has 0 N–H and O–H groups in total. The van der Waals surface area contributed by atoms with Gasteiger partial charge in [0.2, 0.25) is 0 Å². The minimum Gasteiger partial charge on any atom is -0.357 e. The Morgan fingerprint density at radius 2 is 1.59 bits per heavy atom. The summed E-state index contributed by atoms with van der Waals surface area (Å²) in [6.45, 7) is 4.59. The number of hydrogen-bond acceptors (Lipinski definition) is 3. The quantitative estimate of drug-likeness (QED) is 0.263. The Bertz CT molecular complexity index is 1840. The molecular formula is C43H43N3. The van der Waals surface area contributed by atoms with Crippen molar-refractivity contribution in [3.8, 4) is 11.4 Å². The van der Waals surface area contributed by atoms with Gasteiger partial charge in [0.15, 0.2) is 5.82 Å². The second kappa shape index (κ2) is 12.4. The number of hydrogen-bond donors (Lipinski definition) is 0. The molecule has 8 rings (SSSR count). The van der Waals surface area contributed by atoms with E-state index >= 15 is 0 Å². The zero-order valence-corrected chi connectivity index (χ0v) is 27.0. The number of allylic oxidation sites excluding steroid dienone is 10. The monoisotopic (exact) mass is 601 g/mol. The summed E-state index contributed by atoms with van der Waals surface area (Å²) in [5.41, 5.74) is 11.4. The van der Waals surface area contributed by atoms with E-state index in [-0.39, 0.29) is 0 Å². The molecule has 0 saturated heterocycles. The summed E-state index contributed by atoms with van der Waals surface area (Å²) in [6.07, 6.45) is 34.4. The van der Waals surface area contributed by atoms with Gasteiger partial charge in [0.25, 0.3) is 0 Å². The van der Waals surface area contributed by atoms with Gasteiger partial charge in [-0.2, -0.15) is 0 Å². The number of benzene rings is 2. The molecule has 1 aromatic heterocycles. The maximum Gasteiger partial charge on any atom is 0.160 e. The fourth-order valence-corrected chi connectivity index (χ4v) is 8.10. The summed E-state index contributed by atoms with van der Waals surface area (Å²) in [4.78, 5) is 13.3. The molecule has 2 aromatic carbocycles. The zero-order valence-electron chi connectivity index (χ0n) is 27.0. The van der Waals surface area contributed by atoms with Crippen molar-refractivity contribution < 1.29 is 0 Å². The fraction of sp³-hybridized carbons (Fsp3) is 0.302. The molecule has 5 aliphatic rings. The molecule has 3 nitrogen and oxygen atoms in total. The normalized spacial score (nSPS) is 24.6. The smallest absolute Gasteiger partial charge is 0.160 e. The average Bonchev–Trinajstić information content (AvgIpc) is 3.46. The molecule has 4 atom stereocenters. The Morgan fingerprint density at radius 3 is 2.35 bits per heavy atom. The lowest BCUT2D eigenvalue weighted by Gasteiger charge is -2.35. The van der Waals surface area contributed by atoms with Crippen molar-refractivity contribution in [3.05, 3.63) is 150 Å². The van der Waals surface area contributed by atoms with Crippen molar-refractivity contribution in [3.63, 3.8) is 0 Å². The van der Waals surface area contributed by atoms with E-state index in [0.717, 1.165) is 55.6 Å². The highest BCUT2D eigenvalue weighted by molar-refractivity contribution is 5.79. The molecule has 0 radical (unpaired) electrons. The van der Waals surface area contributed by atoms with Crippen LogP contribution in [0.25, 0.3) is 22.5 Å². The van der Waals surface area contributed by atoms with E-state index in [1.165, 1.54) is 39.2 Å². The van der Waals surface area contributed by atoms with E-state index in [9.17, 15) is 0 Å². The van der Waals surface area contributed by atoms with Crippen LogP contribution in [0.1, 0.15) is 98.2 Å². The highest BCUT2D eigenvalue weighted by atomic mass is 15.2. The SMILES string of the molecule is CC(C)c1c(C2=CCCC=C2)nc(-c2ccc(C3=CCC(N4c5ccccc5C5C=CC=CC54)C=C3)cc2)nc1C1CC=CCC1. The van der Waals surface area contributed by atoms with Crippen molar-refractivity contribution in [2.75, 3.05) is 4.90 Å². The lowest BCUT2D eigenvalue weighted by atomic mass is 9.83. The first-order chi connectivity index (χ1) is 22.7. The van der Waals surface area contributed by atoms with Crippen molar-refractivity contribution in [1.29, 1.82) is 0 Å². The molecule has 4 unspecified atom stereocenters. The van der Waals surface area contributed by atoms with Gasteiger partial charge >= 0.3 is 0 Å². The number of anilines is 1. The van der Waals surface area contributed by atoms with Crippen molar-refractivity contribution in [2.24, 2.45) is 0 Å². The van der Waals surface area contributed by atoms with Crippen LogP contribution in [0.2, 0.25) is 0 Å². The van der Waals surface area contributed by atoms with Crippen molar-refractivity contribution in [2.45, 2.75) is 82.2 Å². The lowest BCUT2D eigenvalue weighted by molar-refractivity contribution is 0.586. The van der Waals surface area contributed by atoms with Crippen LogP contribution in [0.15, 0.2) is 121 Å². The molecule has 3 aromatic rings. The van der Waals surface area contributed by atoms with Gasteiger partial charge in [-0.05, 0) is 72.8 Å². The standard InChI is InChI=1S/C43H43N3/c1-29(2)40-41(32-13-5-3-6-14-32)44-43(45-42(40)33-15-7-4-8-16-33)34-23-21-30(22-24-34)31-25-27-35(28-26-31)46-38-19-11-9-17-36(38)37-18-10-12-20-39(37)46/h3,5,7,9-12,15-27,29,32,35-36,38H,4,6,8,13-14,28H2,1-2H3. The molecule has 0 amide bonds. The van der Waals surface area contributed by atoms with Gasteiger partial charge in [-0.3, -0.25) is 0 Å². The number of nitrogens with zero attached hydrogens (tertiary/aromatic N) is 3. The van der Waals surface area contributed by atoms with Gasteiger partial charge in [-0.1, -0.05) is 129 Å². The van der Waals surface area contributed by atoms with Crippen LogP contribution in [-0.2, 0) is 0 Å².